The second-order valence-corrected chi connectivity index (χ2v) is 6.13. The summed E-state index contributed by atoms with van der Waals surface area (Å²) in [6.45, 7) is 1.11. The summed E-state index contributed by atoms with van der Waals surface area (Å²) >= 11 is 3.12. The van der Waals surface area contributed by atoms with Crippen LogP contribution >= 0.6 is 15.9 Å². The van der Waals surface area contributed by atoms with Crippen LogP contribution in [0.4, 0.5) is 0 Å². The van der Waals surface area contributed by atoms with Crippen LogP contribution in [0.25, 0.3) is 0 Å². The van der Waals surface area contributed by atoms with E-state index in [1.807, 2.05) is 0 Å². The Kier molecular flexibility index (Phi) is 4.85. The standard InChI is InChI=1S/C10H12BrNO5S/c1-6-8(10(14)15)4-7(5-9(6)11)18(16,17)12-2-3-13/h4-5,12-13H,2-3H2,1H3,(H,14,15). The molecule has 8 heteroatoms. The van der Waals surface area contributed by atoms with E-state index < -0.39 is 16.0 Å². The predicted octanol–water partition coefficient (Wildman–Crippen LogP) is 0.726. The van der Waals surface area contributed by atoms with Gasteiger partial charge in [0.25, 0.3) is 0 Å². The molecule has 1 aromatic carbocycles. The Hall–Kier alpha value is -0.960. The van der Waals surface area contributed by atoms with Gasteiger partial charge in [-0.25, -0.2) is 17.9 Å². The van der Waals surface area contributed by atoms with Crippen LogP contribution in [-0.2, 0) is 10.0 Å². The molecule has 0 spiro atoms. The number of aromatic carboxylic acids is 1. The lowest BCUT2D eigenvalue weighted by Crippen LogP contribution is -2.27. The highest BCUT2D eigenvalue weighted by Crippen LogP contribution is 2.24. The van der Waals surface area contributed by atoms with Crippen molar-refractivity contribution in [2.45, 2.75) is 11.8 Å². The zero-order valence-corrected chi connectivity index (χ0v) is 11.9. The molecule has 0 fully saturated rings. The van der Waals surface area contributed by atoms with Gasteiger partial charge in [0.1, 0.15) is 0 Å². The van der Waals surface area contributed by atoms with Crippen LogP contribution < -0.4 is 4.72 Å². The van der Waals surface area contributed by atoms with E-state index in [4.69, 9.17) is 10.2 Å². The van der Waals surface area contributed by atoms with Gasteiger partial charge in [0.15, 0.2) is 0 Å². The summed E-state index contributed by atoms with van der Waals surface area (Å²) in [5.74, 6) is -1.20. The van der Waals surface area contributed by atoms with Gasteiger partial charge in [0.05, 0.1) is 17.1 Å². The molecule has 0 aliphatic carbocycles. The Labute approximate surface area is 113 Å². The molecule has 0 atom stereocenters. The minimum atomic E-state index is -3.82. The molecule has 0 unspecified atom stereocenters. The minimum Gasteiger partial charge on any atom is -0.478 e. The molecule has 18 heavy (non-hydrogen) atoms. The molecule has 0 saturated heterocycles. The van der Waals surface area contributed by atoms with Crippen molar-refractivity contribution in [3.63, 3.8) is 0 Å². The summed E-state index contributed by atoms with van der Waals surface area (Å²) in [7, 11) is -3.82. The van der Waals surface area contributed by atoms with Crippen molar-refractivity contribution < 1.29 is 23.4 Å². The van der Waals surface area contributed by atoms with Gasteiger partial charge in [0.2, 0.25) is 10.0 Å². The number of carbonyl (C=O) groups is 1. The molecular formula is C10H12BrNO5S. The fourth-order valence-corrected chi connectivity index (χ4v) is 2.98. The number of hydrogen-bond donors (Lipinski definition) is 3. The van der Waals surface area contributed by atoms with Crippen LogP contribution in [0.5, 0.6) is 0 Å². The Morgan fingerprint density at radius 3 is 2.56 bits per heavy atom. The maximum Gasteiger partial charge on any atom is 0.336 e. The number of aliphatic hydroxyl groups excluding tert-OH is 1. The molecule has 0 saturated carbocycles. The number of hydrogen-bond acceptors (Lipinski definition) is 4. The summed E-state index contributed by atoms with van der Waals surface area (Å²) in [5, 5.41) is 17.6. The first-order chi connectivity index (χ1) is 8.29. The van der Waals surface area contributed by atoms with Gasteiger partial charge in [-0.2, -0.15) is 0 Å². The van der Waals surface area contributed by atoms with Crippen molar-refractivity contribution in [1.82, 2.24) is 4.72 Å². The fourth-order valence-electron chi connectivity index (χ4n) is 1.29. The summed E-state index contributed by atoms with van der Waals surface area (Å²) in [4.78, 5) is 10.8. The van der Waals surface area contributed by atoms with Crippen LogP contribution in [0.3, 0.4) is 0 Å². The number of sulfonamides is 1. The van der Waals surface area contributed by atoms with Crippen molar-refractivity contribution in [3.8, 4) is 0 Å². The third-order valence-electron chi connectivity index (χ3n) is 2.26. The first kappa shape index (κ1) is 15.1. The molecule has 0 radical (unpaired) electrons. The highest BCUT2D eigenvalue weighted by Gasteiger charge is 2.19. The number of benzene rings is 1. The van der Waals surface area contributed by atoms with E-state index in [0.717, 1.165) is 6.07 Å². The second kappa shape index (κ2) is 5.79. The van der Waals surface area contributed by atoms with E-state index in [0.29, 0.717) is 10.0 Å². The Morgan fingerprint density at radius 2 is 2.06 bits per heavy atom. The summed E-state index contributed by atoms with van der Waals surface area (Å²) in [6.07, 6.45) is 0. The summed E-state index contributed by atoms with van der Waals surface area (Å²) < 4.78 is 26.1. The molecule has 6 nitrogen and oxygen atoms in total. The van der Waals surface area contributed by atoms with E-state index >= 15 is 0 Å². The van der Waals surface area contributed by atoms with Gasteiger partial charge in [-0.15, -0.1) is 0 Å². The Balaban J connectivity index is 3.31. The zero-order chi connectivity index (χ0) is 13.9. The van der Waals surface area contributed by atoms with Crippen LogP contribution in [0.1, 0.15) is 15.9 Å². The maximum atomic E-state index is 11.8. The van der Waals surface area contributed by atoms with Crippen LogP contribution in [0.15, 0.2) is 21.5 Å². The third-order valence-corrected chi connectivity index (χ3v) is 4.53. The normalized spacial score (nSPS) is 11.5. The maximum absolute atomic E-state index is 11.8. The third kappa shape index (κ3) is 3.29. The molecule has 0 bridgehead atoms. The van der Waals surface area contributed by atoms with Gasteiger partial charge in [-0.3, -0.25) is 0 Å². The van der Waals surface area contributed by atoms with Gasteiger partial charge in [-0.05, 0) is 24.6 Å². The molecule has 0 heterocycles. The molecule has 1 rings (SSSR count). The summed E-state index contributed by atoms with van der Waals surface area (Å²) in [6, 6.07) is 2.41. The Bertz CT molecular complexity index is 570. The lowest BCUT2D eigenvalue weighted by Gasteiger charge is -2.09. The quantitative estimate of drug-likeness (QED) is 0.734. The van der Waals surface area contributed by atoms with Crippen LogP contribution in [-0.4, -0.2) is 37.8 Å². The molecule has 3 N–H and O–H groups in total. The van der Waals surface area contributed by atoms with Gasteiger partial charge in [-0.1, -0.05) is 15.9 Å². The van der Waals surface area contributed by atoms with Crippen molar-refractivity contribution in [1.29, 1.82) is 0 Å². The SMILES string of the molecule is Cc1c(Br)cc(S(=O)(=O)NCCO)cc1C(=O)O. The molecule has 0 aliphatic heterocycles. The lowest BCUT2D eigenvalue weighted by atomic mass is 10.1. The topological polar surface area (TPSA) is 104 Å². The van der Waals surface area contributed by atoms with E-state index in [2.05, 4.69) is 20.7 Å². The van der Waals surface area contributed by atoms with E-state index in [-0.39, 0.29) is 23.6 Å². The second-order valence-electron chi connectivity index (χ2n) is 3.50. The van der Waals surface area contributed by atoms with Crippen LogP contribution in [0, 0.1) is 6.92 Å². The zero-order valence-electron chi connectivity index (χ0n) is 9.47. The van der Waals surface area contributed by atoms with Gasteiger partial charge in [0, 0.05) is 11.0 Å². The Morgan fingerprint density at radius 1 is 1.44 bits per heavy atom. The van der Waals surface area contributed by atoms with Gasteiger partial charge < -0.3 is 10.2 Å². The number of rotatable bonds is 5. The fraction of sp³-hybridized carbons (Fsp3) is 0.300. The molecule has 0 aliphatic rings. The first-order valence-electron chi connectivity index (χ1n) is 4.93. The number of halogens is 1. The first-order valence-corrected chi connectivity index (χ1v) is 7.21. The van der Waals surface area contributed by atoms with Crippen molar-refractivity contribution in [2.24, 2.45) is 0 Å². The van der Waals surface area contributed by atoms with Gasteiger partial charge >= 0.3 is 5.97 Å². The number of carboxylic acid groups (broad SMARTS) is 1. The molecule has 0 aromatic heterocycles. The van der Waals surface area contributed by atoms with E-state index in [1.165, 1.54) is 6.07 Å². The molecular weight excluding hydrogens is 326 g/mol. The largest absolute Gasteiger partial charge is 0.478 e. The lowest BCUT2D eigenvalue weighted by molar-refractivity contribution is 0.0695. The average Bonchev–Trinajstić information content (AvgIpc) is 2.29. The smallest absolute Gasteiger partial charge is 0.336 e. The molecule has 0 amide bonds. The number of nitrogens with one attached hydrogen (secondary N) is 1. The monoisotopic (exact) mass is 337 g/mol. The van der Waals surface area contributed by atoms with Crippen molar-refractivity contribution >= 4 is 31.9 Å². The predicted molar refractivity (Wildman–Crippen MR) is 68.1 cm³/mol. The van der Waals surface area contributed by atoms with Crippen LogP contribution in [0.2, 0.25) is 0 Å². The number of carboxylic acids is 1. The van der Waals surface area contributed by atoms with E-state index in [9.17, 15) is 13.2 Å². The highest BCUT2D eigenvalue weighted by atomic mass is 79.9. The average molecular weight is 338 g/mol. The van der Waals surface area contributed by atoms with Crippen molar-refractivity contribution in [3.05, 3.63) is 27.7 Å². The van der Waals surface area contributed by atoms with E-state index in [1.54, 1.807) is 6.92 Å². The minimum absolute atomic E-state index is 0.0891. The summed E-state index contributed by atoms with van der Waals surface area (Å²) in [5.41, 5.74) is 0.359. The highest BCUT2D eigenvalue weighted by molar-refractivity contribution is 9.10. The number of aliphatic hydroxyl groups is 1. The molecule has 100 valence electrons. The van der Waals surface area contributed by atoms with Crippen molar-refractivity contribution in [2.75, 3.05) is 13.2 Å². The molecule has 1 aromatic rings.